The first-order valence-electron chi connectivity index (χ1n) is 5.74. The van der Waals surface area contributed by atoms with Crippen LogP contribution in [0.2, 0.25) is 0 Å². The number of alkyl halides is 3. The molecular weight excluding hydrogens is 292 g/mol. The second-order valence-electron chi connectivity index (χ2n) is 3.72. The highest BCUT2D eigenvalue weighted by atomic mass is 35.5. The van der Waals surface area contributed by atoms with Gasteiger partial charge in [0.25, 0.3) is 0 Å². The van der Waals surface area contributed by atoms with E-state index < -0.39 is 12.6 Å². The summed E-state index contributed by atoms with van der Waals surface area (Å²) in [6, 6.07) is 4.30. The number of halogens is 3. The number of carbonyl (C=O) groups excluding carboxylic acids is 1. The molecule has 0 atom stereocenters. The number of rotatable bonds is 6. The van der Waals surface area contributed by atoms with Crippen molar-refractivity contribution in [1.29, 1.82) is 5.26 Å². The Balaban J connectivity index is 3.12. The number of hydrogen-bond acceptors (Lipinski definition) is 4. The zero-order valence-electron chi connectivity index (χ0n) is 10.7. The predicted molar refractivity (Wildman–Crippen MR) is 67.7 cm³/mol. The number of nitrogens with zero attached hydrogens (tertiary/aromatic N) is 1. The summed E-state index contributed by atoms with van der Waals surface area (Å²) in [4.78, 5) is 11.4. The molecule has 0 aliphatic rings. The summed E-state index contributed by atoms with van der Waals surface area (Å²) in [6.45, 7) is -1.14. The van der Waals surface area contributed by atoms with Gasteiger partial charge in [-0.25, -0.2) is 0 Å². The van der Waals surface area contributed by atoms with Gasteiger partial charge in [0.15, 0.2) is 0 Å². The average Bonchev–Trinajstić information content (AvgIpc) is 2.39. The molecule has 20 heavy (non-hydrogen) atoms. The van der Waals surface area contributed by atoms with Gasteiger partial charge in [0.1, 0.15) is 11.8 Å². The van der Waals surface area contributed by atoms with Crippen LogP contribution < -0.4 is 4.74 Å². The summed E-state index contributed by atoms with van der Waals surface area (Å²) in [7, 11) is 0. The van der Waals surface area contributed by atoms with E-state index in [1.807, 2.05) is 0 Å². The summed E-state index contributed by atoms with van der Waals surface area (Å²) < 4.78 is 33.5. The van der Waals surface area contributed by atoms with E-state index in [4.69, 9.17) is 21.6 Å². The van der Waals surface area contributed by atoms with E-state index in [0.29, 0.717) is 11.1 Å². The minimum absolute atomic E-state index is 0.0000446. The van der Waals surface area contributed by atoms with Gasteiger partial charge in [-0.15, -0.1) is 11.6 Å². The normalized spacial score (nSPS) is 10.2. The van der Waals surface area contributed by atoms with Gasteiger partial charge in [-0.2, -0.15) is 14.0 Å². The summed E-state index contributed by atoms with van der Waals surface area (Å²) in [5, 5.41) is 8.93. The van der Waals surface area contributed by atoms with Crippen molar-refractivity contribution >= 4 is 17.6 Å². The number of carbonyl (C=O) groups is 1. The third-order valence-electron chi connectivity index (χ3n) is 2.42. The van der Waals surface area contributed by atoms with E-state index in [0.717, 1.165) is 0 Å². The lowest BCUT2D eigenvalue weighted by molar-refractivity contribution is -0.142. The van der Waals surface area contributed by atoms with Crippen molar-refractivity contribution < 1.29 is 23.0 Å². The van der Waals surface area contributed by atoms with Crippen LogP contribution in [0, 0.1) is 11.3 Å². The molecular formula is C13H12ClF2NO3. The van der Waals surface area contributed by atoms with Gasteiger partial charge in [-0.1, -0.05) is 0 Å². The zero-order chi connectivity index (χ0) is 15.1. The Hall–Kier alpha value is -1.87. The molecule has 0 radical (unpaired) electrons. The van der Waals surface area contributed by atoms with Crippen molar-refractivity contribution in [2.24, 2.45) is 0 Å². The third-order valence-corrected chi connectivity index (χ3v) is 2.71. The van der Waals surface area contributed by atoms with Gasteiger partial charge in [0.2, 0.25) is 0 Å². The van der Waals surface area contributed by atoms with Crippen LogP contribution in [-0.4, -0.2) is 19.2 Å². The minimum atomic E-state index is -3.04. The van der Waals surface area contributed by atoms with E-state index in [9.17, 15) is 13.6 Å². The molecule has 0 amide bonds. The highest BCUT2D eigenvalue weighted by molar-refractivity contribution is 6.17. The maximum Gasteiger partial charge on any atom is 0.387 e. The van der Waals surface area contributed by atoms with Crippen LogP contribution in [0.1, 0.15) is 23.6 Å². The van der Waals surface area contributed by atoms with Crippen LogP contribution in [0.4, 0.5) is 8.78 Å². The molecule has 7 heteroatoms. The molecule has 0 aromatic heterocycles. The van der Waals surface area contributed by atoms with Crippen LogP contribution >= 0.6 is 11.6 Å². The molecule has 108 valence electrons. The van der Waals surface area contributed by atoms with Crippen LogP contribution in [0.3, 0.4) is 0 Å². The van der Waals surface area contributed by atoms with E-state index in [-0.39, 0.29) is 30.2 Å². The highest BCUT2D eigenvalue weighted by Gasteiger charge is 2.16. The molecule has 1 rings (SSSR count). The molecule has 0 saturated carbocycles. The van der Waals surface area contributed by atoms with Gasteiger partial charge in [-0.05, 0) is 30.2 Å². The Morgan fingerprint density at radius 1 is 1.45 bits per heavy atom. The summed E-state index contributed by atoms with van der Waals surface area (Å²) in [6.07, 6.45) is -0.0838. The number of hydrogen-bond donors (Lipinski definition) is 0. The predicted octanol–water partition coefficient (Wildman–Crippen LogP) is 3.00. The largest absolute Gasteiger partial charge is 0.466 e. The zero-order valence-corrected chi connectivity index (χ0v) is 11.4. The molecule has 0 aliphatic heterocycles. The fourth-order valence-corrected chi connectivity index (χ4v) is 1.85. The average molecular weight is 304 g/mol. The van der Waals surface area contributed by atoms with E-state index in [2.05, 4.69) is 4.74 Å². The van der Waals surface area contributed by atoms with Crippen molar-refractivity contribution in [3.8, 4) is 11.8 Å². The van der Waals surface area contributed by atoms with Crippen molar-refractivity contribution in [2.75, 3.05) is 6.61 Å². The lowest BCUT2D eigenvalue weighted by Crippen LogP contribution is -2.10. The number of benzene rings is 1. The fraction of sp³-hybridized carbons (Fsp3) is 0.385. The van der Waals surface area contributed by atoms with Crippen molar-refractivity contribution in [2.45, 2.75) is 25.8 Å². The van der Waals surface area contributed by atoms with Crippen LogP contribution in [0.25, 0.3) is 0 Å². The van der Waals surface area contributed by atoms with Crippen molar-refractivity contribution in [3.63, 3.8) is 0 Å². The van der Waals surface area contributed by atoms with Crippen LogP contribution in [-0.2, 0) is 21.8 Å². The van der Waals surface area contributed by atoms with E-state index in [1.54, 1.807) is 13.0 Å². The second kappa shape index (κ2) is 7.65. The van der Waals surface area contributed by atoms with Crippen LogP contribution in [0.15, 0.2) is 12.1 Å². The summed E-state index contributed by atoms with van der Waals surface area (Å²) in [5.74, 6) is -0.740. The minimum Gasteiger partial charge on any atom is -0.466 e. The quantitative estimate of drug-likeness (QED) is 0.599. The highest BCUT2D eigenvalue weighted by Crippen LogP contribution is 2.26. The molecule has 1 aromatic carbocycles. The lowest BCUT2D eigenvalue weighted by atomic mass is 10.0. The second-order valence-corrected chi connectivity index (χ2v) is 3.99. The van der Waals surface area contributed by atoms with Crippen molar-refractivity contribution in [1.82, 2.24) is 0 Å². The van der Waals surface area contributed by atoms with Gasteiger partial charge in [0.05, 0.1) is 18.6 Å². The fourth-order valence-electron chi connectivity index (χ4n) is 1.60. The van der Waals surface area contributed by atoms with Gasteiger partial charge in [0, 0.05) is 5.88 Å². The Morgan fingerprint density at radius 2 is 2.15 bits per heavy atom. The molecule has 0 heterocycles. The smallest absolute Gasteiger partial charge is 0.387 e. The number of nitriles is 1. The maximum atomic E-state index is 12.2. The molecule has 0 aliphatic carbocycles. The van der Waals surface area contributed by atoms with E-state index in [1.165, 1.54) is 12.1 Å². The third kappa shape index (κ3) is 4.35. The Morgan fingerprint density at radius 3 is 2.65 bits per heavy atom. The first-order chi connectivity index (χ1) is 9.51. The summed E-state index contributed by atoms with van der Waals surface area (Å²) >= 11 is 5.72. The standard InChI is InChI=1S/C13H12ClF2NO3/c1-2-19-12(18)5-8-3-10(7-17)11(20-13(15)16)4-9(8)6-14/h3-4,13H,2,5-6H2,1H3. The SMILES string of the molecule is CCOC(=O)Cc1cc(C#N)c(OC(F)F)cc1CCl. The van der Waals surface area contributed by atoms with Gasteiger partial charge < -0.3 is 9.47 Å². The Labute approximate surface area is 119 Å². The molecule has 4 nitrogen and oxygen atoms in total. The molecule has 0 unspecified atom stereocenters. The van der Waals surface area contributed by atoms with Gasteiger partial charge >= 0.3 is 12.6 Å². The Bertz CT molecular complexity index is 529. The van der Waals surface area contributed by atoms with Crippen LogP contribution in [0.5, 0.6) is 5.75 Å². The van der Waals surface area contributed by atoms with Gasteiger partial charge in [-0.3, -0.25) is 4.79 Å². The number of ether oxygens (including phenoxy) is 2. The molecule has 0 saturated heterocycles. The topological polar surface area (TPSA) is 59.3 Å². The first kappa shape index (κ1) is 16.2. The van der Waals surface area contributed by atoms with E-state index >= 15 is 0 Å². The first-order valence-corrected chi connectivity index (χ1v) is 6.27. The molecule has 0 bridgehead atoms. The molecule has 0 fully saturated rings. The molecule has 0 spiro atoms. The molecule has 0 N–H and O–H groups in total. The number of esters is 1. The lowest BCUT2D eigenvalue weighted by Gasteiger charge is -2.12. The van der Waals surface area contributed by atoms with Crippen molar-refractivity contribution in [3.05, 3.63) is 28.8 Å². The molecule has 1 aromatic rings. The Kier molecular flexibility index (Phi) is 6.19. The maximum absolute atomic E-state index is 12.2. The summed E-state index contributed by atoms with van der Waals surface area (Å²) in [5.41, 5.74) is 0.810. The monoisotopic (exact) mass is 303 g/mol.